The van der Waals surface area contributed by atoms with Crippen LogP contribution in [0.3, 0.4) is 0 Å². The third-order valence-electron chi connectivity index (χ3n) is 6.36. The van der Waals surface area contributed by atoms with E-state index >= 15 is 0 Å². The van der Waals surface area contributed by atoms with E-state index in [1.807, 2.05) is 42.8 Å². The lowest BCUT2D eigenvalue weighted by atomic mass is 10.1. The maximum atomic E-state index is 13.5. The van der Waals surface area contributed by atoms with Crippen molar-refractivity contribution in [2.24, 2.45) is 10.9 Å². The molecule has 1 amide bonds. The number of imidazole rings is 1. The summed E-state index contributed by atoms with van der Waals surface area (Å²) in [6, 6.07) is 11.7. The van der Waals surface area contributed by atoms with E-state index in [0.717, 1.165) is 22.5 Å². The molecule has 1 N–H and O–H groups in total. The average molecular weight is 474 g/mol. The maximum Gasteiger partial charge on any atom is 0.277 e. The molecule has 0 unspecified atom stereocenters. The molecule has 2 heterocycles. The number of carbonyl (C=O) groups excluding carboxylic acids is 1. The van der Waals surface area contributed by atoms with Crippen molar-refractivity contribution in [3.8, 4) is 11.4 Å². The highest BCUT2D eigenvalue weighted by atomic mass is 19.1. The topological polar surface area (TPSA) is 71.8 Å². The van der Waals surface area contributed by atoms with Gasteiger partial charge in [0.1, 0.15) is 17.3 Å². The lowest BCUT2D eigenvalue weighted by molar-refractivity contribution is -0.123. The number of aliphatic imine (C=N–C) groups is 1. The van der Waals surface area contributed by atoms with E-state index in [1.165, 1.54) is 25.0 Å². The van der Waals surface area contributed by atoms with Crippen LogP contribution in [0.25, 0.3) is 11.8 Å². The highest BCUT2D eigenvalue weighted by Crippen LogP contribution is 2.31. The van der Waals surface area contributed by atoms with Gasteiger partial charge in [-0.1, -0.05) is 18.2 Å². The van der Waals surface area contributed by atoms with E-state index in [1.54, 1.807) is 36.5 Å². The number of ether oxygens (including phenoxy) is 1. The van der Waals surface area contributed by atoms with Crippen LogP contribution in [-0.2, 0) is 4.79 Å². The van der Waals surface area contributed by atoms with Gasteiger partial charge in [-0.15, -0.1) is 0 Å². The van der Waals surface area contributed by atoms with Gasteiger partial charge in [0.25, 0.3) is 5.91 Å². The Morgan fingerprint density at radius 3 is 2.69 bits per heavy atom. The number of aryl methyl sites for hydroxylation is 1. The van der Waals surface area contributed by atoms with Gasteiger partial charge in [-0.25, -0.2) is 9.37 Å². The van der Waals surface area contributed by atoms with Crippen LogP contribution in [0.2, 0.25) is 0 Å². The fourth-order valence-electron chi connectivity index (χ4n) is 4.16. The molecule has 1 atom stereocenters. The zero-order valence-corrected chi connectivity index (χ0v) is 20.0. The van der Waals surface area contributed by atoms with Gasteiger partial charge in [0, 0.05) is 12.7 Å². The normalized spacial score (nSPS) is 18.9. The molecule has 5 rings (SSSR count). The van der Waals surface area contributed by atoms with Crippen molar-refractivity contribution in [1.29, 1.82) is 0 Å². The number of halogens is 1. The first-order chi connectivity index (χ1) is 16.9. The van der Waals surface area contributed by atoms with Crippen molar-refractivity contribution < 1.29 is 13.9 Å². The first-order valence-corrected chi connectivity index (χ1v) is 11.7. The van der Waals surface area contributed by atoms with Crippen molar-refractivity contribution in [2.75, 3.05) is 13.7 Å². The van der Waals surface area contributed by atoms with Crippen LogP contribution in [0.5, 0.6) is 5.75 Å². The maximum absolute atomic E-state index is 13.5. The van der Waals surface area contributed by atoms with E-state index < -0.39 is 0 Å². The second-order valence-electron chi connectivity index (χ2n) is 9.05. The SMILES string of the molecule is COc1cc(C=C2NC(=NCC3CC3)N([C@H](C)c3ccc(F)cc3)C2=O)ccc1-n1cnc(C)c1. The molecule has 180 valence electrons. The minimum atomic E-state index is -0.307. The Morgan fingerprint density at radius 2 is 2.03 bits per heavy atom. The molecule has 1 aliphatic carbocycles. The van der Waals surface area contributed by atoms with Crippen LogP contribution in [0, 0.1) is 18.7 Å². The number of aromatic nitrogens is 2. The third kappa shape index (κ3) is 4.82. The van der Waals surface area contributed by atoms with E-state index in [2.05, 4.69) is 10.3 Å². The first-order valence-electron chi connectivity index (χ1n) is 11.7. The minimum Gasteiger partial charge on any atom is -0.495 e. The van der Waals surface area contributed by atoms with Crippen LogP contribution in [0.15, 0.2) is 65.7 Å². The number of benzene rings is 2. The summed E-state index contributed by atoms with van der Waals surface area (Å²) in [6.07, 6.45) is 7.81. The number of amides is 1. The molecule has 2 fully saturated rings. The Bertz CT molecular complexity index is 1310. The monoisotopic (exact) mass is 473 g/mol. The van der Waals surface area contributed by atoms with E-state index in [9.17, 15) is 9.18 Å². The van der Waals surface area contributed by atoms with E-state index in [4.69, 9.17) is 9.73 Å². The van der Waals surface area contributed by atoms with Gasteiger partial charge in [-0.3, -0.25) is 14.7 Å². The van der Waals surface area contributed by atoms with Crippen LogP contribution in [-0.4, -0.2) is 40.0 Å². The number of nitrogens with zero attached hydrogens (tertiary/aromatic N) is 4. The van der Waals surface area contributed by atoms with Crippen LogP contribution >= 0.6 is 0 Å². The molecule has 1 aromatic heterocycles. The highest BCUT2D eigenvalue weighted by Gasteiger charge is 2.36. The van der Waals surface area contributed by atoms with Gasteiger partial charge in [0.05, 0.1) is 30.9 Å². The Hall–Kier alpha value is -3.94. The average Bonchev–Trinajstić information content (AvgIpc) is 3.51. The number of nitrogens with one attached hydrogen (secondary N) is 1. The number of carbonyl (C=O) groups is 1. The molecular weight excluding hydrogens is 445 g/mol. The summed E-state index contributed by atoms with van der Waals surface area (Å²) in [5, 5.41) is 3.23. The van der Waals surface area contributed by atoms with Crippen molar-refractivity contribution >= 4 is 17.9 Å². The Balaban J connectivity index is 1.46. The van der Waals surface area contributed by atoms with Gasteiger partial charge >= 0.3 is 0 Å². The molecular formula is C27H28FN5O2. The fourth-order valence-corrected chi connectivity index (χ4v) is 4.16. The predicted octanol–water partition coefficient (Wildman–Crippen LogP) is 4.63. The fraction of sp³-hybridized carbons (Fsp3) is 0.296. The standard InChI is InChI=1S/C27H28FN5O2/c1-17-15-32(16-30-17)24-11-6-20(13-25(24)35-3)12-23-26(34)33(27(31-23)29-14-19-4-5-19)18(2)21-7-9-22(28)10-8-21/h6-13,15-16,18-19H,4-5,14H2,1-3H3,(H,29,31)/t18-/m1/s1. The number of guanidine groups is 1. The molecule has 2 aromatic carbocycles. The second-order valence-corrected chi connectivity index (χ2v) is 9.05. The summed E-state index contributed by atoms with van der Waals surface area (Å²) in [5.74, 6) is 1.30. The number of rotatable bonds is 7. The number of methoxy groups -OCH3 is 1. The quantitative estimate of drug-likeness (QED) is 0.508. The van der Waals surface area contributed by atoms with Crippen molar-refractivity contribution in [1.82, 2.24) is 19.8 Å². The molecule has 0 radical (unpaired) electrons. The number of hydrogen-bond donors (Lipinski definition) is 1. The summed E-state index contributed by atoms with van der Waals surface area (Å²) in [4.78, 5) is 24.2. The highest BCUT2D eigenvalue weighted by molar-refractivity contribution is 6.15. The Kier molecular flexibility index (Phi) is 6.11. The van der Waals surface area contributed by atoms with E-state index in [0.29, 0.717) is 29.9 Å². The number of hydrogen-bond acceptors (Lipinski definition) is 4. The van der Waals surface area contributed by atoms with Crippen molar-refractivity contribution in [3.63, 3.8) is 0 Å². The summed E-state index contributed by atoms with van der Waals surface area (Å²) in [7, 11) is 1.62. The lowest BCUT2D eigenvalue weighted by Crippen LogP contribution is -2.35. The zero-order valence-electron chi connectivity index (χ0n) is 20.0. The molecule has 0 bridgehead atoms. The lowest BCUT2D eigenvalue weighted by Gasteiger charge is -2.24. The van der Waals surface area contributed by atoms with Crippen molar-refractivity contribution in [2.45, 2.75) is 32.7 Å². The van der Waals surface area contributed by atoms with Crippen molar-refractivity contribution in [3.05, 3.63) is 83.3 Å². The molecule has 0 spiro atoms. The third-order valence-corrected chi connectivity index (χ3v) is 6.36. The van der Waals surface area contributed by atoms with Gasteiger partial charge in [-0.05, 0) is 74.1 Å². The van der Waals surface area contributed by atoms with Gasteiger partial charge in [0.15, 0.2) is 0 Å². The molecule has 2 aliphatic rings. The summed E-state index contributed by atoms with van der Waals surface area (Å²) in [6.45, 7) is 4.54. The zero-order chi connectivity index (χ0) is 24.5. The molecule has 8 heteroatoms. The summed E-state index contributed by atoms with van der Waals surface area (Å²) >= 11 is 0. The van der Waals surface area contributed by atoms with Gasteiger partial charge < -0.3 is 14.6 Å². The van der Waals surface area contributed by atoms with Gasteiger partial charge in [-0.2, -0.15) is 0 Å². The van der Waals surface area contributed by atoms with Crippen LogP contribution < -0.4 is 10.1 Å². The Morgan fingerprint density at radius 1 is 1.26 bits per heavy atom. The second kappa shape index (κ2) is 9.37. The smallest absolute Gasteiger partial charge is 0.277 e. The Labute approximate surface area is 204 Å². The predicted molar refractivity (Wildman–Crippen MR) is 133 cm³/mol. The minimum absolute atomic E-state index is 0.176. The molecule has 1 saturated heterocycles. The first kappa shape index (κ1) is 22.8. The molecule has 3 aromatic rings. The molecule has 1 saturated carbocycles. The van der Waals surface area contributed by atoms with Crippen LogP contribution in [0.1, 0.15) is 42.6 Å². The summed E-state index contributed by atoms with van der Waals surface area (Å²) in [5.41, 5.74) is 3.85. The van der Waals surface area contributed by atoms with E-state index in [-0.39, 0.29) is 17.8 Å². The molecule has 35 heavy (non-hydrogen) atoms. The van der Waals surface area contributed by atoms with Gasteiger partial charge in [0.2, 0.25) is 5.96 Å². The largest absolute Gasteiger partial charge is 0.495 e. The summed E-state index contributed by atoms with van der Waals surface area (Å²) < 4.78 is 21.0. The van der Waals surface area contributed by atoms with Crippen LogP contribution in [0.4, 0.5) is 4.39 Å². The molecule has 1 aliphatic heterocycles. The molecule has 7 nitrogen and oxygen atoms in total.